The fraction of sp³-hybridized carbons (Fsp3) is 0.263. The monoisotopic (exact) mass is 361 g/mol. The number of nitrogens with one attached hydrogen (secondary N) is 1. The third-order valence-electron chi connectivity index (χ3n) is 5.28. The van der Waals surface area contributed by atoms with Crippen LogP contribution in [0.5, 0.6) is 0 Å². The van der Waals surface area contributed by atoms with E-state index < -0.39 is 0 Å². The van der Waals surface area contributed by atoms with E-state index in [0.717, 1.165) is 46.8 Å². The lowest BCUT2D eigenvalue weighted by Gasteiger charge is -2.44. The van der Waals surface area contributed by atoms with Gasteiger partial charge in [0.05, 0.1) is 6.04 Å². The summed E-state index contributed by atoms with van der Waals surface area (Å²) >= 11 is 0. The molecule has 1 fully saturated rings. The second-order valence-corrected chi connectivity index (χ2v) is 6.93. The summed E-state index contributed by atoms with van der Waals surface area (Å²) in [5, 5.41) is 13.7. The first kappa shape index (κ1) is 15.8. The molecule has 3 aromatic heterocycles. The molecule has 1 N–H and O–H groups in total. The molecule has 0 spiro atoms. The smallest absolute Gasteiger partial charge is 0.254 e. The zero-order valence-electron chi connectivity index (χ0n) is 15.1. The second-order valence-electron chi connectivity index (χ2n) is 6.93. The third kappa shape index (κ3) is 2.44. The Kier molecular flexibility index (Phi) is 3.40. The van der Waals surface area contributed by atoms with Crippen LogP contribution in [0.15, 0.2) is 42.6 Å². The Labute approximate surface area is 155 Å². The van der Waals surface area contributed by atoms with Gasteiger partial charge in [-0.15, -0.1) is 15.3 Å². The fourth-order valence-electron chi connectivity index (χ4n) is 3.57. The average molecular weight is 361 g/mol. The van der Waals surface area contributed by atoms with E-state index in [2.05, 4.69) is 25.2 Å². The van der Waals surface area contributed by atoms with Crippen molar-refractivity contribution in [2.75, 3.05) is 25.0 Å². The quantitative estimate of drug-likeness (QED) is 0.602. The highest BCUT2D eigenvalue weighted by Gasteiger charge is 2.34. The Balaban J connectivity index is 1.33. The van der Waals surface area contributed by atoms with Gasteiger partial charge in [-0.2, -0.15) is 4.52 Å². The van der Waals surface area contributed by atoms with E-state index >= 15 is 0 Å². The lowest BCUT2D eigenvalue weighted by Crippen LogP contribution is -2.60. The van der Waals surface area contributed by atoms with Crippen molar-refractivity contribution in [3.63, 3.8) is 0 Å². The lowest BCUT2D eigenvalue weighted by molar-refractivity contribution is 0.0707. The minimum Gasteiger partial charge on any atom is -0.361 e. The van der Waals surface area contributed by atoms with Crippen molar-refractivity contribution in [1.82, 2.24) is 29.7 Å². The van der Waals surface area contributed by atoms with E-state index in [4.69, 9.17) is 0 Å². The minimum atomic E-state index is 0.0444. The van der Waals surface area contributed by atoms with Gasteiger partial charge >= 0.3 is 0 Å². The van der Waals surface area contributed by atoms with E-state index in [1.807, 2.05) is 61.5 Å². The number of nitrogens with zero attached hydrogens (tertiary/aromatic N) is 6. The topological polar surface area (TPSA) is 82.4 Å². The first-order valence-corrected chi connectivity index (χ1v) is 8.89. The minimum absolute atomic E-state index is 0.0444. The van der Waals surface area contributed by atoms with Gasteiger partial charge in [-0.3, -0.25) is 4.79 Å². The van der Waals surface area contributed by atoms with Crippen molar-refractivity contribution in [3.8, 4) is 0 Å². The highest BCUT2D eigenvalue weighted by molar-refractivity contribution is 6.06. The second kappa shape index (κ2) is 5.80. The van der Waals surface area contributed by atoms with Gasteiger partial charge in [-0.25, -0.2) is 0 Å². The molecule has 8 nitrogen and oxygen atoms in total. The van der Waals surface area contributed by atoms with Crippen LogP contribution in [0.1, 0.15) is 16.2 Å². The van der Waals surface area contributed by atoms with Gasteiger partial charge in [-0.05, 0) is 37.3 Å². The molecule has 1 amide bonds. The van der Waals surface area contributed by atoms with E-state index in [1.54, 1.807) is 4.52 Å². The molecule has 27 heavy (non-hydrogen) atoms. The van der Waals surface area contributed by atoms with Crippen LogP contribution in [-0.2, 0) is 0 Å². The van der Waals surface area contributed by atoms with E-state index in [0.29, 0.717) is 0 Å². The summed E-state index contributed by atoms with van der Waals surface area (Å²) in [6.45, 7) is 3.39. The number of hydrogen-bond donors (Lipinski definition) is 1. The molecule has 4 aromatic rings. The Morgan fingerprint density at radius 1 is 1.19 bits per heavy atom. The summed E-state index contributed by atoms with van der Waals surface area (Å²) < 4.78 is 1.74. The van der Waals surface area contributed by atoms with Crippen LogP contribution in [0.4, 0.5) is 5.82 Å². The average Bonchev–Trinajstić information content (AvgIpc) is 3.26. The fourth-order valence-corrected chi connectivity index (χ4v) is 3.57. The number of carbonyl (C=O) groups is 1. The van der Waals surface area contributed by atoms with Crippen LogP contribution in [0, 0.1) is 6.92 Å². The van der Waals surface area contributed by atoms with Crippen LogP contribution in [0.2, 0.25) is 0 Å². The number of anilines is 1. The first-order valence-electron chi connectivity index (χ1n) is 8.89. The molecule has 0 bridgehead atoms. The molecule has 0 aliphatic carbocycles. The number of benzene rings is 1. The molecular formula is C19H19N7O. The van der Waals surface area contributed by atoms with Crippen molar-refractivity contribution in [3.05, 3.63) is 54.0 Å². The van der Waals surface area contributed by atoms with Gasteiger partial charge in [0.2, 0.25) is 0 Å². The molecule has 0 radical (unpaired) electrons. The molecule has 1 saturated heterocycles. The van der Waals surface area contributed by atoms with E-state index in [-0.39, 0.29) is 11.9 Å². The van der Waals surface area contributed by atoms with Gasteiger partial charge in [-0.1, -0.05) is 6.07 Å². The Hall–Kier alpha value is -3.42. The van der Waals surface area contributed by atoms with Crippen molar-refractivity contribution < 1.29 is 4.79 Å². The molecule has 0 saturated carbocycles. The summed E-state index contributed by atoms with van der Waals surface area (Å²) in [7, 11) is 1.87. The van der Waals surface area contributed by atoms with Crippen molar-refractivity contribution >= 4 is 28.3 Å². The maximum absolute atomic E-state index is 13.0. The van der Waals surface area contributed by atoms with Crippen LogP contribution in [0.3, 0.4) is 0 Å². The number of likely N-dealkylation sites (N-methyl/N-ethyl adjacent to an activating group) is 1. The number of carbonyl (C=O) groups excluding carboxylic acids is 1. The molecule has 136 valence electrons. The number of fused-ring (bicyclic) bond motifs is 2. The number of H-pyrrole nitrogens is 1. The third-order valence-corrected chi connectivity index (χ3v) is 5.28. The molecule has 1 aliphatic heterocycles. The Morgan fingerprint density at radius 2 is 2.04 bits per heavy atom. The zero-order chi connectivity index (χ0) is 18.5. The summed E-state index contributed by atoms with van der Waals surface area (Å²) in [6.07, 6.45) is 1.86. The summed E-state index contributed by atoms with van der Waals surface area (Å²) in [4.78, 5) is 20.1. The Bertz CT molecular complexity index is 1160. The van der Waals surface area contributed by atoms with Crippen LogP contribution < -0.4 is 4.90 Å². The predicted octanol–water partition coefficient (Wildman–Crippen LogP) is 1.87. The van der Waals surface area contributed by atoms with Gasteiger partial charge in [0.25, 0.3) is 5.91 Å². The highest BCUT2D eigenvalue weighted by atomic mass is 16.2. The molecule has 8 heteroatoms. The van der Waals surface area contributed by atoms with E-state index in [9.17, 15) is 4.79 Å². The van der Waals surface area contributed by atoms with Crippen molar-refractivity contribution in [2.45, 2.75) is 13.0 Å². The van der Waals surface area contributed by atoms with Gasteiger partial charge in [0.1, 0.15) is 5.82 Å². The van der Waals surface area contributed by atoms with Crippen LogP contribution in [0.25, 0.3) is 16.6 Å². The largest absolute Gasteiger partial charge is 0.361 e. The number of rotatable bonds is 3. The predicted molar refractivity (Wildman–Crippen MR) is 102 cm³/mol. The maximum Gasteiger partial charge on any atom is 0.254 e. The molecule has 1 aromatic carbocycles. The van der Waals surface area contributed by atoms with Crippen LogP contribution >= 0.6 is 0 Å². The normalized spacial score (nSPS) is 14.7. The number of aryl methyl sites for hydroxylation is 1. The molecular weight excluding hydrogens is 342 g/mol. The highest BCUT2D eigenvalue weighted by Crippen LogP contribution is 2.24. The first-order chi connectivity index (χ1) is 13.1. The van der Waals surface area contributed by atoms with E-state index in [1.165, 1.54) is 0 Å². The molecule has 0 unspecified atom stereocenters. The number of amides is 1. The van der Waals surface area contributed by atoms with Gasteiger partial charge in [0, 0.05) is 42.8 Å². The number of hydrogen-bond acceptors (Lipinski definition) is 5. The standard InChI is InChI=1S/C19H19N7O/c1-12-21-22-17-6-7-18(23-26(12)17)25-10-13(11-25)24(2)19(27)15-4-3-5-16-14(15)8-9-20-16/h3-9,13,20H,10-11H2,1-2H3. The molecule has 5 rings (SSSR count). The molecule has 0 atom stereocenters. The summed E-state index contributed by atoms with van der Waals surface area (Å²) in [6, 6.07) is 11.7. The molecule has 4 heterocycles. The van der Waals surface area contributed by atoms with Crippen molar-refractivity contribution in [1.29, 1.82) is 0 Å². The van der Waals surface area contributed by atoms with Crippen molar-refractivity contribution in [2.24, 2.45) is 0 Å². The maximum atomic E-state index is 13.0. The lowest BCUT2D eigenvalue weighted by atomic mass is 10.0. The summed E-state index contributed by atoms with van der Waals surface area (Å²) in [5.74, 6) is 1.67. The zero-order valence-corrected chi connectivity index (χ0v) is 15.1. The number of aromatic amines is 1. The van der Waals surface area contributed by atoms with Crippen LogP contribution in [-0.4, -0.2) is 61.8 Å². The summed E-state index contributed by atoms with van der Waals surface area (Å²) in [5.41, 5.74) is 2.45. The van der Waals surface area contributed by atoms with Gasteiger partial charge in [0.15, 0.2) is 11.5 Å². The Morgan fingerprint density at radius 3 is 2.89 bits per heavy atom. The SMILES string of the molecule is Cc1nnc2ccc(N3CC(N(C)C(=O)c4cccc5[nH]ccc45)C3)nn12. The molecule has 1 aliphatic rings. The number of aromatic nitrogens is 5. The van der Waals surface area contributed by atoms with Gasteiger partial charge < -0.3 is 14.8 Å².